The van der Waals surface area contributed by atoms with Gasteiger partial charge in [-0.15, -0.1) is 0 Å². The summed E-state index contributed by atoms with van der Waals surface area (Å²) < 4.78 is 7.98. The van der Waals surface area contributed by atoms with Crippen molar-refractivity contribution in [2.24, 2.45) is 7.05 Å². The SMILES string of the molecule is Cc1cc(Cc2ccccc2Cl)cc([C@H]2CN(Cc3cn(C)nc3C)CCO2)n1. The molecule has 0 amide bonds. The first kappa shape index (κ1) is 20.1. The van der Waals surface area contributed by atoms with E-state index in [1.807, 2.05) is 36.9 Å². The zero-order chi connectivity index (χ0) is 20.4. The van der Waals surface area contributed by atoms with Gasteiger partial charge >= 0.3 is 0 Å². The first-order valence-corrected chi connectivity index (χ1v) is 10.4. The van der Waals surface area contributed by atoms with Crippen LogP contribution in [0.5, 0.6) is 0 Å². The van der Waals surface area contributed by atoms with Crippen LogP contribution in [0.4, 0.5) is 0 Å². The van der Waals surface area contributed by atoms with Gasteiger partial charge in [0.25, 0.3) is 0 Å². The van der Waals surface area contributed by atoms with Gasteiger partial charge in [-0.3, -0.25) is 14.6 Å². The highest BCUT2D eigenvalue weighted by Crippen LogP contribution is 2.26. The van der Waals surface area contributed by atoms with Crippen LogP contribution in [0.15, 0.2) is 42.6 Å². The smallest absolute Gasteiger partial charge is 0.112 e. The third-order valence-electron chi connectivity index (χ3n) is 5.37. The molecule has 1 atom stereocenters. The highest BCUT2D eigenvalue weighted by atomic mass is 35.5. The summed E-state index contributed by atoms with van der Waals surface area (Å²) in [4.78, 5) is 7.21. The van der Waals surface area contributed by atoms with Crippen molar-refractivity contribution in [3.63, 3.8) is 0 Å². The fourth-order valence-corrected chi connectivity index (χ4v) is 4.17. The molecule has 1 aromatic carbocycles. The second-order valence-corrected chi connectivity index (χ2v) is 8.22. The molecule has 0 N–H and O–H groups in total. The average Bonchev–Trinajstić information content (AvgIpc) is 3.00. The maximum atomic E-state index is 6.36. The van der Waals surface area contributed by atoms with Gasteiger partial charge in [0.2, 0.25) is 0 Å². The Morgan fingerprint density at radius 3 is 2.76 bits per heavy atom. The molecule has 4 rings (SSSR count). The van der Waals surface area contributed by atoms with Gasteiger partial charge in [-0.05, 0) is 49.6 Å². The number of aryl methyl sites for hydroxylation is 3. The van der Waals surface area contributed by atoms with E-state index in [1.165, 1.54) is 11.1 Å². The zero-order valence-corrected chi connectivity index (χ0v) is 18.0. The maximum absolute atomic E-state index is 6.36. The number of benzene rings is 1. The monoisotopic (exact) mass is 410 g/mol. The van der Waals surface area contributed by atoms with Crippen LogP contribution in [-0.2, 0) is 24.8 Å². The van der Waals surface area contributed by atoms with Crippen molar-refractivity contribution >= 4 is 11.6 Å². The van der Waals surface area contributed by atoms with Gasteiger partial charge < -0.3 is 4.74 Å². The minimum Gasteiger partial charge on any atom is -0.369 e. The molecule has 0 aliphatic carbocycles. The molecule has 6 heteroatoms. The quantitative estimate of drug-likeness (QED) is 0.630. The summed E-state index contributed by atoms with van der Waals surface area (Å²) in [5.41, 5.74) is 6.71. The van der Waals surface area contributed by atoms with Crippen LogP contribution >= 0.6 is 11.6 Å². The van der Waals surface area contributed by atoms with Crippen molar-refractivity contribution in [2.45, 2.75) is 32.9 Å². The lowest BCUT2D eigenvalue weighted by Gasteiger charge is -2.32. The second kappa shape index (κ2) is 8.66. The first-order valence-electron chi connectivity index (χ1n) is 10.0. The molecule has 0 saturated carbocycles. The first-order chi connectivity index (χ1) is 14.0. The number of aromatic nitrogens is 3. The minimum absolute atomic E-state index is 0.0226. The van der Waals surface area contributed by atoms with Crippen molar-refractivity contribution in [1.82, 2.24) is 19.7 Å². The van der Waals surface area contributed by atoms with Crippen LogP contribution in [-0.4, -0.2) is 39.4 Å². The van der Waals surface area contributed by atoms with E-state index in [1.54, 1.807) is 0 Å². The van der Waals surface area contributed by atoms with Crippen LogP contribution < -0.4 is 0 Å². The molecule has 0 unspecified atom stereocenters. The van der Waals surface area contributed by atoms with Gasteiger partial charge in [0.15, 0.2) is 0 Å². The summed E-state index contributed by atoms with van der Waals surface area (Å²) >= 11 is 6.36. The number of pyridine rings is 1. The number of hydrogen-bond acceptors (Lipinski definition) is 4. The molecule has 29 heavy (non-hydrogen) atoms. The summed E-state index contributed by atoms with van der Waals surface area (Å²) in [6.07, 6.45) is 2.87. The predicted octanol–water partition coefficient (Wildman–Crippen LogP) is 4.25. The number of rotatable bonds is 5. The Bertz CT molecular complexity index is 1000. The van der Waals surface area contributed by atoms with E-state index in [9.17, 15) is 0 Å². The van der Waals surface area contributed by atoms with Crippen LogP contribution in [0.25, 0.3) is 0 Å². The molecule has 2 aromatic heterocycles. The Kier molecular flexibility index (Phi) is 5.99. The van der Waals surface area contributed by atoms with E-state index >= 15 is 0 Å². The highest BCUT2D eigenvalue weighted by Gasteiger charge is 2.24. The van der Waals surface area contributed by atoms with Crippen molar-refractivity contribution in [2.75, 3.05) is 19.7 Å². The number of morpholine rings is 1. The predicted molar refractivity (Wildman–Crippen MR) is 115 cm³/mol. The maximum Gasteiger partial charge on any atom is 0.112 e. The summed E-state index contributed by atoms with van der Waals surface area (Å²) in [6.45, 7) is 7.45. The molecule has 0 spiro atoms. The third kappa shape index (κ3) is 4.86. The minimum atomic E-state index is -0.0226. The van der Waals surface area contributed by atoms with Gasteiger partial charge in [0, 0.05) is 49.2 Å². The van der Waals surface area contributed by atoms with Crippen molar-refractivity contribution in [3.05, 3.63) is 81.4 Å². The fourth-order valence-electron chi connectivity index (χ4n) is 3.97. The fraction of sp³-hybridized carbons (Fsp3) is 0.391. The largest absolute Gasteiger partial charge is 0.369 e. The van der Waals surface area contributed by atoms with E-state index in [-0.39, 0.29) is 6.10 Å². The van der Waals surface area contributed by atoms with Gasteiger partial charge in [-0.1, -0.05) is 29.8 Å². The highest BCUT2D eigenvalue weighted by molar-refractivity contribution is 6.31. The van der Waals surface area contributed by atoms with E-state index in [0.717, 1.165) is 53.7 Å². The van der Waals surface area contributed by atoms with E-state index < -0.39 is 0 Å². The third-order valence-corrected chi connectivity index (χ3v) is 5.74. The molecule has 0 radical (unpaired) electrons. The Morgan fingerprint density at radius 1 is 1.17 bits per heavy atom. The Balaban J connectivity index is 1.50. The van der Waals surface area contributed by atoms with Gasteiger partial charge in [0.1, 0.15) is 6.10 Å². The van der Waals surface area contributed by atoms with E-state index in [2.05, 4.69) is 41.3 Å². The molecular formula is C23H27ClN4O. The van der Waals surface area contributed by atoms with Crippen LogP contribution in [0, 0.1) is 13.8 Å². The Labute approximate surface area is 177 Å². The van der Waals surface area contributed by atoms with Crippen LogP contribution in [0.2, 0.25) is 5.02 Å². The summed E-state index contributed by atoms with van der Waals surface area (Å²) in [7, 11) is 1.97. The summed E-state index contributed by atoms with van der Waals surface area (Å²) in [5, 5.41) is 5.26. The van der Waals surface area contributed by atoms with Crippen LogP contribution in [0.3, 0.4) is 0 Å². The lowest BCUT2D eigenvalue weighted by molar-refractivity contribution is -0.0351. The van der Waals surface area contributed by atoms with Gasteiger partial charge in [0.05, 0.1) is 18.0 Å². The van der Waals surface area contributed by atoms with Crippen molar-refractivity contribution < 1.29 is 4.74 Å². The molecule has 3 heterocycles. The number of nitrogens with zero attached hydrogens (tertiary/aromatic N) is 4. The summed E-state index contributed by atoms with van der Waals surface area (Å²) in [5.74, 6) is 0. The molecule has 1 fully saturated rings. The standard InChI is InChI=1S/C23H27ClN4O/c1-16-10-18(11-19-6-4-5-7-21(19)24)12-22(25-16)23-15-28(8-9-29-23)14-20-13-27(3)26-17(20)2/h4-7,10,12-13,23H,8-9,11,14-15H2,1-3H3/t23-/m1/s1. The van der Waals surface area contributed by atoms with E-state index in [0.29, 0.717) is 6.61 Å². The molecule has 1 aliphatic heterocycles. The van der Waals surface area contributed by atoms with E-state index in [4.69, 9.17) is 21.3 Å². The van der Waals surface area contributed by atoms with Crippen molar-refractivity contribution in [1.29, 1.82) is 0 Å². The molecule has 1 aliphatic rings. The average molecular weight is 411 g/mol. The Hall–Kier alpha value is -2.21. The molecule has 5 nitrogen and oxygen atoms in total. The number of hydrogen-bond donors (Lipinski definition) is 0. The number of ether oxygens (including phenoxy) is 1. The van der Waals surface area contributed by atoms with Gasteiger partial charge in [-0.25, -0.2) is 0 Å². The Morgan fingerprint density at radius 2 is 2.00 bits per heavy atom. The lowest BCUT2D eigenvalue weighted by Crippen LogP contribution is -2.38. The molecule has 1 saturated heterocycles. The summed E-state index contributed by atoms with van der Waals surface area (Å²) in [6, 6.07) is 12.3. The van der Waals surface area contributed by atoms with Crippen LogP contribution in [0.1, 0.15) is 39.9 Å². The van der Waals surface area contributed by atoms with Gasteiger partial charge in [-0.2, -0.15) is 5.10 Å². The molecule has 3 aromatic rings. The zero-order valence-electron chi connectivity index (χ0n) is 17.2. The topological polar surface area (TPSA) is 43.2 Å². The molecule has 152 valence electrons. The lowest BCUT2D eigenvalue weighted by atomic mass is 10.0. The molecular weight excluding hydrogens is 384 g/mol. The molecule has 0 bridgehead atoms. The second-order valence-electron chi connectivity index (χ2n) is 7.82. The number of halogens is 1. The normalized spacial score (nSPS) is 17.6. The van der Waals surface area contributed by atoms with Crippen molar-refractivity contribution in [3.8, 4) is 0 Å².